The lowest BCUT2D eigenvalue weighted by Crippen LogP contribution is -2.14. The molecule has 2 aromatic heterocycles. The van der Waals surface area contributed by atoms with Crippen LogP contribution < -0.4 is 10.5 Å². The second-order valence-electron chi connectivity index (χ2n) is 3.98. The molecule has 0 saturated carbocycles. The van der Waals surface area contributed by atoms with Gasteiger partial charge in [0.05, 0.1) is 12.4 Å². The Labute approximate surface area is 104 Å². The molecular formula is C11H14N6O. The molecule has 0 aliphatic heterocycles. The molecule has 0 unspecified atom stereocenters. The molecule has 2 aromatic rings. The van der Waals surface area contributed by atoms with Gasteiger partial charge in [-0.15, -0.1) is 0 Å². The van der Waals surface area contributed by atoms with E-state index in [1.165, 1.54) is 12.4 Å². The highest BCUT2D eigenvalue weighted by molar-refractivity contribution is 5.95. The Kier molecular flexibility index (Phi) is 3.22. The number of hydrogen-bond acceptors (Lipinski definition) is 5. The molecule has 0 bridgehead atoms. The molecule has 2 heterocycles. The number of nitrogens with two attached hydrogens (primary N) is 1. The van der Waals surface area contributed by atoms with Crippen molar-refractivity contribution >= 4 is 5.84 Å². The molecule has 0 saturated heterocycles. The molecule has 0 radical (unpaired) electrons. The molecule has 7 nitrogen and oxygen atoms in total. The lowest BCUT2D eigenvalue weighted by molar-refractivity contribution is 0.455. The average Bonchev–Trinajstić information content (AvgIpc) is 2.78. The van der Waals surface area contributed by atoms with E-state index in [1.807, 2.05) is 13.8 Å². The highest BCUT2D eigenvalue weighted by Gasteiger charge is 2.11. The van der Waals surface area contributed by atoms with Crippen LogP contribution in [0.1, 0.15) is 25.6 Å². The zero-order valence-corrected chi connectivity index (χ0v) is 10.2. The Morgan fingerprint density at radius 2 is 2.11 bits per heavy atom. The number of nitrogen functional groups attached to an aromatic ring is 1. The number of nitrogens with zero attached hydrogens (tertiary/aromatic N) is 4. The fourth-order valence-corrected chi connectivity index (χ4v) is 1.35. The summed E-state index contributed by atoms with van der Waals surface area (Å²) in [5.41, 5.74) is 5.62. The van der Waals surface area contributed by atoms with Gasteiger partial charge in [-0.2, -0.15) is 5.10 Å². The van der Waals surface area contributed by atoms with Crippen LogP contribution in [0.2, 0.25) is 0 Å². The van der Waals surface area contributed by atoms with Gasteiger partial charge in [0.25, 0.3) is 0 Å². The second kappa shape index (κ2) is 4.82. The Hall–Kier alpha value is -2.44. The van der Waals surface area contributed by atoms with Crippen molar-refractivity contribution in [1.29, 1.82) is 5.41 Å². The van der Waals surface area contributed by atoms with Crippen LogP contribution in [0.3, 0.4) is 0 Å². The van der Waals surface area contributed by atoms with Gasteiger partial charge in [0.1, 0.15) is 5.84 Å². The molecule has 0 spiro atoms. The molecule has 2 rings (SSSR count). The summed E-state index contributed by atoms with van der Waals surface area (Å²) < 4.78 is 7.29. The molecule has 0 atom stereocenters. The van der Waals surface area contributed by atoms with Crippen molar-refractivity contribution in [2.75, 3.05) is 0 Å². The van der Waals surface area contributed by atoms with Crippen LogP contribution in [-0.2, 0) is 0 Å². The van der Waals surface area contributed by atoms with E-state index in [0.717, 1.165) is 0 Å². The van der Waals surface area contributed by atoms with Gasteiger partial charge < -0.3 is 10.5 Å². The Morgan fingerprint density at radius 3 is 2.72 bits per heavy atom. The van der Waals surface area contributed by atoms with Crippen molar-refractivity contribution in [2.45, 2.75) is 19.9 Å². The van der Waals surface area contributed by atoms with Gasteiger partial charge in [0.2, 0.25) is 5.88 Å². The predicted molar refractivity (Wildman–Crippen MR) is 65.7 cm³/mol. The standard InChI is InChI=1S/C11H14N6O/c1-7(2)17-6-8(5-16-17)18-11-9(10(12)13)14-3-4-15-11/h3-7H,1-2H3,(H3,12,13). The van der Waals surface area contributed by atoms with Crippen LogP contribution in [0.25, 0.3) is 0 Å². The van der Waals surface area contributed by atoms with Gasteiger partial charge in [-0.25, -0.2) is 9.97 Å². The maximum Gasteiger partial charge on any atom is 0.249 e. The number of ether oxygens (including phenoxy) is 1. The Balaban J connectivity index is 2.25. The molecule has 0 aromatic carbocycles. The minimum absolute atomic E-state index is 0.186. The van der Waals surface area contributed by atoms with Crippen molar-refractivity contribution in [3.8, 4) is 11.6 Å². The number of nitrogens with one attached hydrogen (secondary N) is 1. The van der Waals surface area contributed by atoms with E-state index in [2.05, 4.69) is 15.1 Å². The zero-order chi connectivity index (χ0) is 13.1. The molecular weight excluding hydrogens is 232 g/mol. The summed E-state index contributed by atoms with van der Waals surface area (Å²) in [4.78, 5) is 7.96. The van der Waals surface area contributed by atoms with E-state index in [-0.39, 0.29) is 23.5 Å². The average molecular weight is 246 g/mol. The molecule has 94 valence electrons. The normalized spacial score (nSPS) is 10.6. The molecule has 0 aliphatic carbocycles. The smallest absolute Gasteiger partial charge is 0.249 e. The zero-order valence-electron chi connectivity index (χ0n) is 10.2. The lowest BCUT2D eigenvalue weighted by atomic mass is 10.4. The number of aromatic nitrogens is 4. The van der Waals surface area contributed by atoms with E-state index >= 15 is 0 Å². The summed E-state index contributed by atoms with van der Waals surface area (Å²) >= 11 is 0. The minimum Gasteiger partial charge on any atom is -0.434 e. The van der Waals surface area contributed by atoms with E-state index in [1.54, 1.807) is 17.1 Å². The van der Waals surface area contributed by atoms with E-state index in [9.17, 15) is 0 Å². The molecule has 7 heteroatoms. The van der Waals surface area contributed by atoms with Crippen LogP contribution in [-0.4, -0.2) is 25.6 Å². The van der Waals surface area contributed by atoms with E-state index in [0.29, 0.717) is 5.75 Å². The fourth-order valence-electron chi connectivity index (χ4n) is 1.35. The number of rotatable bonds is 4. The minimum atomic E-state index is -0.186. The van der Waals surface area contributed by atoms with E-state index < -0.39 is 0 Å². The van der Waals surface area contributed by atoms with Gasteiger partial charge in [0.15, 0.2) is 11.4 Å². The van der Waals surface area contributed by atoms with Crippen LogP contribution >= 0.6 is 0 Å². The molecule has 3 N–H and O–H groups in total. The van der Waals surface area contributed by atoms with Crippen LogP contribution in [0.15, 0.2) is 24.8 Å². The fraction of sp³-hybridized carbons (Fsp3) is 0.273. The van der Waals surface area contributed by atoms with Crippen molar-refractivity contribution in [1.82, 2.24) is 19.7 Å². The van der Waals surface area contributed by atoms with Gasteiger partial charge in [-0.3, -0.25) is 10.1 Å². The number of amidine groups is 1. The SMILES string of the molecule is CC(C)n1cc(Oc2nccnc2C(=N)N)cn1. The quantitative estimate of drug-likeness (QED) is 0.625. The van der Waals surface area contributed by atoms with Crippen LogP contribution in [0.4, 0.5) is 0 Å². The summed E-state index contributed by atoms with van der Waals surface area (Å²) in [6, 6.07) is 0.247. The first-order valence-corrected chi connectivity index (χ1v) is 5.45. The highest BCUT2D eigenvalue weighted by Crippen LogP contribution is 2.21. The molecule has 0 amide bonds. The molecule has 0 aliphatic rings. The summed E-state index contributed by atoms with van der Waals surface area (Å²) in [6.07, 6.45) is 6.28. The van der Waals surface area contributed by atoms with Gasteiger partial charge in [0, 0.05) is 18.4 Å². The summed E-state index contributed by atoms with van der Waals surface area (Å²) in [6.45, 7) is 4.03. The van der Waals surface area contributed by atoms with E-state index in [4.69, 9.17) is 15.9 Å². The Morgan fingerprint density at radius 1 is 1.39 bits per heavy atom. The first kappa shape index (κ1) is 12.0. The summed E-state index contributed by atoms with van der Waals surface area (Å²) in [7, 11) is 0. The summed E-state index contributed by atoms with van der Waals surface area (Å²) in [5.74, 6) is 0.550. The van der Waals surface area contributed by atoms with Gasteiger partial charge in [-0.05, 0) is 13.8 Å². The predicted octanol–water partition coefficient (Wildman–Crippen LogP) is 1.33. The first-order valence-electron chi connectivity index (χ1n) is 5.45. The Bertz CT molecular complexity index is 562. The maximum absolute atomic E-state index is 7.39. The van der Waals surface area contributed by atoms with Crippen molar-refractivity contribution in [3.63, 3.8) is 0 Å². The third-order valence-electron chi connectivity index (χ3n) is 2.24. The third-order valence-corrected chi connectivity index (χ3v) is 2.24. The van der Waals surface area contributed by atoms with Crippen molar-refractivity contribution in [2.24, 2.45) is 5.73 Å². The first-order chi connectivity index (χ1) is 8.58. The largest absolute Gasteiger partial charge is 0.434 e. The maximum atomic E-state index is 7.39. The van der Waals surface area contributed by atoms with Crippen LogP contribution in [0.5, 0.6) is 11.6 Å². The second-order valence-corrected chi connectivity index (χ2v) is 3.98. The number of hydrogen-bond donors (Lipinski definition) is 2. The lowest BCUT2D eigenvalue weighted by Gasteiger charge is -2.06. The molecule has 18 heavy (non-hydrogen) atoms. The monoisotopic (exact) mass is 246 g/mol. The third kappa shape index (κ3) is 2.45. The van der Waals surface area contributed by atoms with Crippen LogP contribution in [0, 0.1) is 5.41 Å². The summed E-state index contributed by atoms with van der Waals surface area (Å²) in [5, 5.41) is 11.5. The van der Waals surface area contributed by atoms with Crippen molar-refractivity contribution < 1.29 is 4.74 Å². The van der Waals surface area contributed by atoms with Crippen molar-refractivity contribution in [3.05, 3.63) is 30.5 Å². The van der Waals surface area contributed by atoms with Gasteiger partial charge >= 0.3 is 0 Å². The topological polar surface area (TPSA) is 103 Å². The molecule has 0 fully saturated rings. The highest BCUT2D eigenvalue weighted by atomic mass is 16.5. The van der Waals surface area contributed by atoms with Gasteiger partial charge in [-0.1, -0.05) is 0 Å².